The predicted octanol–water partition coefficient (Wildman–Crippen LogP) is 2.80. The maximum absolute atomic E-state index is 13.4. The van der Waals surface area contributed by atoms with Gasteiger partial charge in [-0.25, -0.2) is 18.7 Å². The van der Waals surface area contributed by atoms with Gasteiger partial charge in [0.1, 0.15) is 17.5 Å². The molecule has 0 atom stereocenters. The minimum Gasteiger partial charge on any atom is -0.354 e. The second-order valence-corrected chi connectivity index (χ2v) is 5.92. The van der Waals surface area contributed by atoms with E-state index in [4.69, 9.17) is 0 Å². The highest BCUT2D eigenvalue weighted by Crippen LogP contribution is 2.37. The van der Waals surface area contributed by atoms with Crippen molar-refractivity contribution >= 4 is 11.6 Å². The van der Waals surface area contributed by atoms with E-state index in [1.165, 1.54) is 0 Å². The Morgan fingerprint density at radius 1 is 1.08 bits per heavy atom. The molecule has 2 aromatic rings. The van der Waals surface area contributed by atoms with E-state index in [0.717, 1.165) is 0 Å². The number of carbonyl (C=O) groups excluding carboxylic acids is 1. The normalized spacial score (nSPS) is 18.0. The molecule has 1 aromatic carbocycles. The van der Waals surface area contributed by atoms with Crippen LogP contribution in [-0.4, -0.2) is 34.8 Å². The van der Waals surface area contributed by atoms with Gasteiger partial charge >= 0.3 is 0 Å². The van der Waals surface area contributed by atoms with E-state index in [1.54, 1.807) is 29.2 Å². The number of aromatic nitrogens is 2. The Balaban J connectivity index is 1.81. The SMILES string of the molecule is N#Cc1nc2c(nc1N1CCC(F)(F)CC1)-c1ccccc1C2=O. The van der Waals surface area contributed by atoms with Crippen LogP contribution in [0.4, 0.5) is 14.6 Å². The van der Waals surface area contributed by atoms with Crippen LogP contribution in [0.5, 0.6) is 0 Å². The second kappa shape index (κ2) is 5.06. The van der Waals surface area contributed by atoms with Crippen molar-refractivity contribution in [2.75, 3.05) is 18.0 Å². The van der Waals surface area contributed by atoms with E-state index in [-0.39, 0.29) is 48.9 Å². The molecule has 120 valence electrons. The molecule has 1 aliphatic carbocycles. The van der Waals surface area contributed by atoms with Gasteiger partial charge in [-0.05, 0) is 0 Å². The lowest BCUT2D eigenvalue weighted by Gasteiger charge is -2.32. The van der Waals surface area contributed by atoms with Crippen molar-refractivity contribution in [3.05, 3.63) is 41.2 Å². The molecular weight excluding hydrogens is 314 g/mol. The first-order valence-corrected chi connectivity index (χ1v) is 7.59. The summed E-state index contributed by atoms with van der Waals surface area (Å²) in [6.45, 7) is 0.204. The summed E-state index contributed by atoms with van der Waals surface area (Å²) in [5.74, 6) is -2.67. The minimum atomic E-state index is -2.68. The molecule has 0 saturated carbocycles. The molecule has 1 aliphatic heterocycles. The molecule has 1 saturated heterocycles. The molecule has 0 N–H and O–H groups in total. The molecule has 24 heavy (non-hydrogen) atoms. The number of anilines is 1. The zero-order valence-electron chi connectivity index (χ0n) is 12.6. The predicted molar refractivity (Wildman–Crippen MR) is 82.0 cm³/mol. The number of hydrogen-bond donors (Lipinski definition) is 0. The van der Waals surface area contributed by atoms with Crippen LogP contribution in [0.2, 0.25) is 0 Å². The van der Waals surface area contributed by atoms with E-state index >= 15 is 0 Å². The van der Waals surface area contributed by atoms with Gasteiger partial charge in [0.25, 0.3) is 5.92 Å². The lowest BCUT2D eigenvalue weighted by Crippen LogP contribution is -2.40. The van der Waals surface area contributed by atoms with Gasteiger partial charge in [0.15, 0.2) is 11.5 Å². The van der Waals surface area contributed by atoms with Crippen molar-refractivity contribution in [1.82, 2.24) is 9.97 Å². The van der Waals surface area contributed by atoms with E-state index in [0.29, 0.717) is 16.8 Å². The van der Waals surface area contributed by atoms with Gasteiger partial charge in [0.05, 0.1) is 0 Å². The zero-order chi connectivity index (χ0) is 16.9. The first-order chi connectivity index (χ1) is 11.5. The summed E-state index contributed by atoms with van der Waals surface area (Å²) in [5, 5.41) is 9.35. The minimum absolute atomic E-state index is 0.000113. The van der Waals surface area contributed by atoms with E-state index in [1.807, 2.05) is 6.07 Å². The average molecular weight is 326 g/mol. The summed E-state index contributed by atoms with van der Waals surface area (Å²) in [6.07, 6.45) is -0.571. The number of ketones is 1. The fourth-order valence-corrected chi connectivity index (χ4v) is 3.13. The molecule has 2 aliphatic rings. The number of alkyl halides is 2. The third-order valence-corrected chi connectivity index (χ3v) is 4.42. The van der Waals surface area contributed by atoms with Crippen molar-refractivity contribution in [2.45, 2.75) is 18.8 Å². The van der Waals surface area contributed by atoms with Gasteiger partial charge in [-0.3, -0.25) is 4.79 Å². The number of hydrogen-bond acceptors (Lipinski definition) is 5. The van der Waals surface area contributed by atoms with Gasteiger partial charge in [0, 0.05) is 37.1 Å². The number of nitriles is 1. The largest absolute Gasteiger partial charge is 0.354 e. The van der Waals surface area contributed by atoms with E-state index in [9.17, 15) is 18.8 Å². The lowest BCUT2D eigenvalue weighted by atomic mass is 10.1. The van der Waals surface area contributed by atoms with Gasteiger partial charge in [-0.15, -0.1) is 0 Å². The smallest absolute Gasteiger partial charge is 0.251 e. The molecule has 5 nitrogen and oxygen atoms in total. The molecule has 0 unspecified atom stereocenters. The number of halogens is 2. The van der Waals surface area contributed by atoms with Crippen LogP contribution in [0, 0.1) is 11.3 Å². The lowest BCUT2D eigenvalue weighted by molar-refractivity contribution is -0.0221. The topological polar surface area (TPSA) is 69.9 Å². The number of piperidine rings is 1. The molecule has 0 amide bonds. The number of fused-ring (bicyclic) bond motifs is 3. The Bertz CT molecular complexity index is 894. The van der Waals surface area contributed by atoms with Crippen LogP contribution in [0.15, 0.2) is 24.3 Å². The summed E-state index contributed by atoms with van der Waals surface area (Å²) in [5.41, 5.74) is 1.73. The Labute approximate surface area is 136 Å². The summed E-state index contributed by atoms with van der Waals surface area (Å²) in [6, 6.07) is 8.94. The molecule has 7 heteroatoms. The Kier molecular flexibility index (Phi) is 3.10. The Hall–Kier alpha value is -2.88. The first kappa shape index (κ1) is 14.7. The fraction of sp³-hybridized carbons (Fsp3) is 0.294. The zero-order valence-corrected chi connectivity index (χ0v) is 12.6. The summed E-state index contributed by atoms with van der Waals surface area (Å²) in [4.78, 5) is 22.7. The van der Waals surface area contributed by atoms with Crippen LogP contribution in [-0.2, 0) is 0 Å². The van der Waals surface area contributed by atoms with E-state index < -0.39 is 5.92 Å². The molecule has 4 rings (SSSR count). The quantitative estimate of drug-likeness (QED) is 0.688. The van der Waals surface area contributed by atoms with Crippen LogP contribution < -0.4 is 4.90 Å². The highest BCUT2D eigenvalue weighted by Gasteiger charge is 2.37. The Morgan fingerprint density at radius 2 is 1.75 bits per heavy atom. The highest BCUT2D eigenvalue weighted by atomic mass is 19.3. The molecule has 0 spiro atoms. The summed E-state index contributed by atoms with van der Waals surface area (Å²) >= 11 is 0. The molecule has 0 bridgehead atoms. The standard InChI is InChI=1S/C17H12F2N4O/c18-17(19)5-7-23(8-6-17)16-12(9-20)21-14-13(22-16)10-3-1-2-4-11(10)15(14)24/h1-4H,5-8H2. The molecular formula is C17H12F2N4O. The van der Waals surface area contributed by atoms with Crippen molar-refractivity contribution in [2.24, 2.45) is 0 Å². The van der Waals surface area contributed by atoms with E-state index in [2.05, 4.69) is 9.97 Å². The molecule has 0 radical (unpaired) electrons. The maximum atomic E-state index is 13.4. The first-order valence-electron chi connectivity index (χ1n) is 7.59. The number of nitrogens with zero attached hydrogens (tertiary/aromatic N) is 4. The highest BCUT2D eigenvalue weighted by molar-refractivity contribution is 6.19. The third kappa shape index (κ3) is 2.14. The van der Waals surface area contributed by atoms with Crippen LogP contribution in [0.25, 0.3) is 11.3 Å². The summed E-state index contributed by atoms with van der Waals surface area (Å²) < 4.78 is 26.7. The van der Waals surface area contributed by atoms with Crippen LogP contribution >= 0.6 is 0 Å². The monoisotopic (exact) mass is 326 g/mol. The van der Waals surface area contributed by atoms with Gasteiger partial charge in [-0.2, -0.15) is 5.26 Å². The average Bonchev–Trinajstić information content (AvgIpc) is 2.86. The third-order valence-electron chi connectivity index (χ3n) is 4.42. The maximum Gasteiger partial charge on any atom is 0.251 e. The fourth-order valence-electron chi connectivity index (χ4n) is 3.13. The van der Waals surface area contributed by atoms with Gasteiger partial charge < -0.3 is 4.90 Å². The molecule has 1 fully saturated rings. The van der Waals surface area contributed by atoms with Crippen molar-refractivity contribution in [3.8, 4) is 17.3 Å². The van der Waals surface area contributed by atoms with Crippen LogP contribution in [0.1, 0.15) is 34.6 Å². The van der Waals surface area contributed by atoms with Gasteiger partial charge in [-0.1, -0.05) is 24.3 Å². The Morgan fingerprint density at radius 3 is 2.42 bits per heavy atom. The van der Waals surface area contributed by atoms with Gasteiger partial charge in [0.2, 0.25) is 5.78 Å². The molecule has 1 aromatic heterocycles. The van der Waals surface area contributed by atoms with Crippen molar-refractivity contribution in [1.29, 1.82) is 5.26 Å². The second-order valence-electron chi connectivity index (χ2n) is 5.92. The number of rotatable bonds is 1. The van der Waals surface area contributed by atoms with Crippen molar-refractivity contribution in [3.63, 3.8) is 0 Å². The van der Waals surface area contributed by atoms with Crippen LogP contribution in [0.3, 0.4) is 0 Å². The van der Waals surface area contributed by atoms with Crippen molar-refractivity contribution < 1.29 is 13.6 Å². The number of carbonyl (C=O) groups is 1. The summed E-state index contributed by atoms with van der Waals surface area (Å²) in [7, 11) is 0. The number of benzene rings is 1. The molecule has 2 heterocycles.